The van der Waals surface area contributed by atoms with E-state index in [2.05, 4.69) is 18.3 Å². The van der Waals surface area contributed by atoms with Gasteiger partial charge >= 0.3 is 5.97 Å². The van der Waals surface area contributed by atoms with E-state index in [-0.39, 0.29) is 17.3 Å². The van der Waals surface area contributed by atoms with Crippen molar-refractivity contribution in [2.75, 3.05) is 26.1 Å². The van der Waals surface area contributed by atoms with Gasteiger partial charge in [0, 0.05) is 28.3 Å². The second-order valence-corrected chi connectivity index (χ2v) is 12.0. The summed E-state index contributed by atoms with van der Waals surface area (Å²) in [4.78, 5) is 25.0. The highest BCUT2D eigenvalue weighted by molar-refractivity contribution is 6.30. The minimum atomic E-state index is -0.867. The molecule has 0 unspecified atom stereocenters. The quantitative estimate of drug-likeness (QED) is 0.184. The van der Waals surface area contributed by atoms with Gasteiger partial charge in [-0.15, -0.1) is 0 Å². The number of anilines is 1. The molecule has 0 aromatic heterocycles. The van der Waals surface area contributed by atoms with Gasteiger partial charge in [0.15, 0.2) is 0 Å². The van der Waals surface area contributed by atoms with Crippen LogP contribution in [0, 0.1) is 5.92 Å². The van der Waals surface area contributed by atoms with Gasteiger partial charge in [-0.1, -0.05) is 60.5 Å². The maximum Gasteiger partial charge on any atom is 0.331 e. The smallest absolute Gasteiger partial charge is 0.331 e. The molecule has 0 bridgehead atoms. The number of esters is 1. The molecule has 0 aliphatic heterocycles. The first-order chi connectivity index (χ1) is 20.3. The van der Waals surface area contributed by atoms with Crippen LogP contribution in [0.4, 0.5) is 5.69 Å². The number of ether oxygens (including phenoxy) is 3. The van der Waals surface area contributed by atoms with Crippen molar-refractivity contribution in [3.8, 4) is 5.75 Å². The molecular formula is C35H38ClNO5. The number of rotatable bonds is 11. The number of methoxy groups -OCH3 is 2. The fraction of sp³-hybridized carbons (Fsp3) is 0.371. The van der Waals surface area contributed by atoms with Crippen molar-refractivity contribution in [1.82, 2.24) is 0 Å². The molecule has 0 amide bonds. The van der Waals surface area contributed by atoms with Crippen molar-refractivity contribution in [3.05, 3.63) is 99.6 Å². The SMILES string of the molecule is COC(=O)C1(Nc2cccc(Cl)c2)CCC2(CC1)C(C[C@@H](C)COCc1ccc(OC)cc1)=Cc1ccc(C=O)cc12. The van der Waals surface area contributed by atoms with Crippen LogP contribution >= 0.6 is 11.6 Å². The van der Waals surface area contributed by atoms with Crippen LogP contribution in [0.2, 0.25) is 5.02 Å². The fourth-order valence-corrected chi connectivity index (χ4v) is 6.78. The van der Waals surface area contributed by atoms with Gasteiger partial charge in [0.1, 0.15) is 17.6 Å². The standard InChI is InChI=1S/C35H38ClNO5/c1-24(22-42-23-25-8-11-31(40-2)12-9-25)17-28-19-27-10-7-26(21-38)18-32(27)34(28)13-15-35(16-14-34,33(39)41-3)37-30-6-4-5-29(36)20-30/h4-12,18-21,24,37H,13-17,22-23H2,1-3H3/t24-,34?,35?/m1/s1. The predicted molar refractivity (Wildman–Crippen MR) is 166 cm³/mol. The number of halogens is 1. The molecular weight excluding hydrogens is 550 g/mol. The second-order valence-electron chi connectivity index (χ2n) is 11.6. The van der Waals surface area contributed by atoms with Crippen LogP contribution in [0.3, 0.4) is 0 Å². The van der Waals surface area contributed by atoms with E-state index in [0.717, 1.165) is 48.1 Å². The zero-order chi connectivity index (χ0) is 29.7. The second kappa shape index (κ2) is 12.7. The number of benzene rings is 3. The van der Waals surface area contributed by atoms with Crippen molar-refractivity contribution < 1.29 is 23.8 Å². The third kappa shape index (κ3) is 6.11. The molecule has 5 rings (SSSR count). The van der Waals surface area contributed by atoms with Gasteiger partial charge in [-0.05, 0) is 91.1 Å². The number of aldehydes is 1. The minimum Gasteiger partial charge on any atom is -0.497 e. The fourth-order valence-electron chi connectivity index (χ4n) is 6.59. The van der Waals surface area contributed by atoms with E-state index in [1.54, 1.807) is 7.11 Å². The van der Waals surface area contributed by atoms with E-state index in [9.17, 15) is 9.59 Å². The molecule has 220 valence electrons. The average Bonchev–Trinajstić information content (AvgIpc) is 3.29. The summed E-state index contributed by atoms with van der Waals surface area (Å²) in [7, 11) is 3.10. The van der Waals surface area contributed by atoms with E-state index in [0.29, 0.717) is 36.6 Å². The molecule has 0 radical (unpaired) electrons. The number of allylic oxidation sites excluding steroid dienone is 1. The molecule has 6 nitrogen and oxygen atoms in total. The van der Waals surface area contributed by atoms with E-state index in [4.69, 9.17) is 25.8 Å². The Hall–Kier alpha value is -3.61. The Morgan fingerprint density at radius 1 is 1.02 bits per heavy atom. The molecule has 42 heavy (non-hydrogen) atoms. The number of fused-ring (bicyclic) bond motifs is 2. The number of carbonyl (C=O) groups excluding carboxylic acids is 2. The topological polar surface area (TPSA) is 73.9 Å². The van der Waals surface area contributed by atoms with Crippen molar-refractivity contribution in [2.24, 2.45) is 5.92 Å². The van der Waals surface area contributed by atoms with Gasteiger partial charge in [0.05, 0.1) is 20.8 Å². The van der Waals surface area contributed by atoms with Crippen molar-refractivity contribution in [2.45, 2.75) is 56.6 Å². The van der Waals surface area contributed by atoms with Crippen LogP contribution in [-0.4, -0.2) is 38.6 Å². The number of hydrogen-bond donors (Lipinski definition) is 1. The van der Waals surface area contributed by atoms with E-state index in [1.165, 1.54) is 18.2 Å². The summed E-state index contributed by atoms with van der Waals surface area (Å²) >= 11 is 6.25. The Morgan fingerprint density at radius 2 is 1.79 bits per heavy atom. The Balaban J connectivity index is 1.34. The summed E-state index contributed by atoms with van der Waals surface area (Å²) in [6.07, 6.45) is 6.71. The lowest BCUT2D eigenvalue weighted by Gasteiger charge is -2.46. The third-order valence-corrected chi connectivity index (χ3v) is 9.05. The molecule has 1 saturated carbocycles. The lowest BCUT2D eigenvalue weighted by molar-refractivity contribution is -0.147. The van der Waals surface area contributed by atoms with E-state index >= 15 is 0 Å². The van der Waals surface area contributed by atoms with Crippen LogP contribution < -0.4 is 10.1 Å². The van der Waals surface area contributed by atoms with Gasteiger partial charge in [-0.25, -0.2) is 4.79 Å². The summed E-state index contributed by atoms with van der Waals surface area (Å²) in [6.45, 7) is 3.38. The normalized spacial score (nSPS) is 21.8. The largest absolute Gasteiger partial charge is 0.497 e. The first-order valence-electron chi connectivity index (χ1n) is 14.4. The van der Waals surface area contributed by atoms with Gasteiger partial charge in [0.2, 0.25) is 0 Å². The van der Waals surface area contributed by atoms with Crippen LogP contribution in [0.15, 0.2) is 72.3 Å². The lowest BCUT2D eigenvalue weighted by Crippen LogP contribution is -2.52. The number of nitrogens with one attached hydrogen (secondary N) is 1. The highest BCUT2D eigenvalue weighted by atomic mass is 35.5. The van der Waals surface area contributed by atoms with Crippen molar-refractivity contribution in [3.63, 3.8) is 0 Å². The van der Waals surface area contributed by atoms with Crippen LogP contribution in [0.25, 0.3) is 6.08 Å². The number of hydrogen-bond acceptors (Lipinski definition) is 6. The summed E-state index contributed by atoms with van der Waals surface area (Å²) in [5.74, 6) is 0.834. The van der Waals surface area contributed by atoms with Crippen LogP contribution in [0.5, 0.6) is 5.75 Å². The Bertz CT molecular complexity index is 1460. The lowest BCUT2D eigenvalue weighted by atomic mass is 9.61. The first kappa shape index (κ1) is 29.9. The van der Waals surface area contributed by atoms with Crippen LogP contribution in [0.1, 0.15) is 66.1 Å². The van der Waals surface area contributed by atoms with Gasteiger partial charge in [-0.3, -0.25) is 4.79 Å². The molecule has 3 aromatic rings. The van der Waals surface area contributed by atoms with Gasteiger partial charge in [-0.2, -0.15) is 0 Å². The predicted octanol–water partition coefficient (Wildman–Crippen LogP) is 7.64. The molecule has 3 aromatic carbocycles. The number of carbonyl (C=O) groups is 2. The third-order valence-electron chi connectivity index (χ3n) is 8.81. The van der Waals surface area contributed by atoms with E-state index < -0.39 is 5.54 Å². The molecule has 1 spiro atoms. The van der Waals surface area contributed by atoms with Crippen molar-refractivity contribution >= 4 is 35.6 Å². The molecule has 1 N–H and O–H groups in total. The maximum atomic E-state index is 13.3. The summed E-state index contributed by atoms with van der Waals surface area (Å²) in [5, 5.41) is 4.09. The summed E-state index contributed by atoms with van der Waals surface area (Å²) < 4.78 is 16.7. The average molecular weight is 588 g/mol. The molecule has 1 fully saturated rings. The molecule has 0 saturated heterocycles. The van der Waals surface area contributed by atoms with Crippen LogP contribution in [-0.2, 0) is 26.3 Å². The first-order valence-corrected chi connectivity index (χ1v) is 14.8. The Labute approximate surface area is 253 Å². The van der Waals surface area contributed by atoms with Gasteiger partial charge < -0.3 is 19.5 Å². The molecule has 1 atom stereocenters. The molecule has 2 aliphatic carbocycles. The summed E-state index contributed by atoms with van der Waals surface area (Å²) in [6, 6.07) is 21.3. The highest BCUT2D eigenvalue weighted by Crippen LogP contribution is 2.55. The van der Waals surface area contributed by atoms with Gasteiger partial charge in [0.25, 0.3) is 0 Å². The Morgan fingerprint density at radius 3 is 2.45 bits per heavy atom. The highest BCUT2D eigenvalue weighted by Gasteiger charge is 2.52. The van der Waals surface area contributed by atoms with E-state index in [1.807, 2.05) is 66.7 Å². The summed E-state index contributed by atoms with van der Waals surface area (Å²) in [5.41, 5.74) is 5.09. The molecule has 0 heterocycles. The molecule has 7 heteroatoms. The maximum absolute atomic E-state index is 13.3. The minimum absolute atomic E-state index is 0.258. The monoisotopic (exact) mass is 587 g/mol. The zero-order valence-electron chi connectivity index (χ0n) is 24.5. The van der Waals surface area contributed by atoms with Crippen molar-refractivity contribution in [1.29, 1.82) is 0 Å². The Kier molecular flexibility index (Phi) is 9.05. The zero-order valence-corrected chi connectivity index (χ0v) is 25.2. The molecule has 2 aliphatic rings.